The molecule has 0 bridgehead atoms. The lowest BCUT2D eigenvalue weighted by Crippen LogP contribution is -1.94. The maximum absolute atomic E-state index is 11.1. The Kier molecular flexibility index (Phi) is 2.91. The Hall–Kier alpha value is -0.340. The predicted octanol–water partition coefficient (Wildman–Crippen LogP) is 3.61. The van der Waals surface area contributed by atoms with Gasteiger partial charge in [0.05, 0.1) is 5.02 Å². The van der Waals surface area contributed by atoms with Crippen molar-refractivity contribution in [1.82, 2.24) is 0 Å². The Morgan fingerprint density at radius 2 is 2.08 bits per heavy atom. The van der Waals surface area contributed by atoms with Crippen LogP contribution in [-0.4, -0.2) is 5.78 Å². The number of halogens is 2. The van der Waals surface area contributed by atoms with E-state index in [4.69, 9.17) is 11.6 Å². The van der Waals surface area contributed by atoms with Gasteiger partial charge in [0.2, 0.25) is 0 Å². The molecule has 0 radical (unpaired) electrons. The summed E-state index contributed by atoms with van der Waals surface area (Å²) < 4.78 is 0.773. The highest BCUT2D eigenvalue weighted by molar-refractivity contribution is 9.10. The van der Waals surface area contributed by atoms with E-state index in [2.05, 4.69) is 15.9 Å². The highest BCUT2D eigenvalue weighted by Crippen LogP contribution is 2.27. The summed E-state index contributed by atoms with van der Waals surface area (Å²) in [4.78, 5) is 11.1. The molecule has 0 atom stereocenters. The zero-order valence-corrected chi connectivity index (χ0v) is 9.16. The number of aryl methyl sites for hydroxylation is 1. The summed E-state index contributed by atoms with van der Waals surface area (Å²) in [6.45, 7) is 3.43. The van der Waals surface area contributed by atoms with Gasteiger partial charge in [-0.05, 0) is 47.5 Å². The lowest BCUT2D eigenvalue weighted by molar-refractivity contribution is 0.101. The summed E-state index contributed by atoms with van der Waals surface area (Å²) in [5, 5.41) is 0.494. The lowest BCUT2D eigenvalue weighted by atomic mass is 10.1. The lowest BCUT2D eigenvalue weighted by Gasteiger charge is -2.03. The van der Waals surface area contributed by atoms with Gasteiger partial charge in [0, 0.05) is 10.0 Å². The van der Waals surface area contributed by atoms with E-state index >= 15 is 0 Å². The summed E-state index contributed by atoms with van der Waals surface area (Å²) >= 11 is 9.17. The van der Waals surface area contributed by atoms with Crippen molar-refractivity contribution in [2.45, 2.75) is 13.8 Å². The monoisotopic (exact) mass is 246 g/mol. The van der Waals surface area contributed by atoms with Crippen LogP contribution in [0, 0.1) is 6.92 Å². The first kappa shape index (κ1) is 9.75. The Balaban J connectivity index is 3.37. The van der Waals surface area contributed by atoms with Crippen molar-refractivity contribution < 1.29 is 4.79 Å². The Morgan fingerprint density at radius 3 is 2.58 bits per heavy atom. The Bertz CT molecular complexity index is 334. The quantitative estimate of drug-likeness (QED) is 0.693. The van der Waals surface area contributed by atoms with Crippen molar-refractivity contribution in [3.63, 3.8) is 0 Å². The minimum Gasteiger partial charge on any atom is -0.294 e. The van der Waals surface area contributed by atoms with Crippen molar-refractivity contribution in [2.24, 2.45) is 0 Å². The van der Waals surface area contributed by atoms with Crippen LogP contribution < -0.4 is 0 Å². The highest BCUT2D eigenvalue weighted by atomic mass is 79.9. The molecule has 0 aromatic heterocycles. The van der Waals surface area contributed by atoms with Crippen LogP contribution in [0.4, 0.5) is 0 Å². The second-order valence-electron chi connectivity index (χ2n) is 2.66. The van der Waals surface area contributed by atoms with Gasteiger partial charge in [-0.25, -0.2) is 0 Å². The molecule has 1 aromatic rings. The first-order valence-electron chi connectivity index (χ1n) is 3.49. The Labute approximate surface area is 84.9 Å². The molecular weight excluding hydrogens is 239 g/mol. The van der Waals surface area contributed by atoms with E-state index in [0.29, 0.717) is 10.6 Å². The molecule has 0 fully saturated rings. The second kappa shape index (κ2) is 3.58. The molecule has 0 amide bonds. The maximum atomic E-state index is 11.1. The molecule has 64 valence electrons. The van der Waals surface area contributed by atoms with Crippen molar-refractivity contribution >= 4 is 33.3 Å². The van der Waals surface area contributed by atoms with Gasteiger partial charge in [0.25, 0.3) is 0 Å². The standard InChI is InChI=1S/C9H8BrClO/c1-5-3-7(6(2)12)9(11)8(10)4-5/h3-4H,1-2H3. The fourth-order valence-electron chi connectivity index (χ4n) is 0.981. The summed E-state index contributed by atoms with van der Waals surface area (Å²) in [6.07, 6.45) is 0. The molecule has 12 heavy (non-hydrogen) atoms. The summed E-state index contributed by atoms with van der Waals surface area (Å²) in [6, 6.07) is 3.67. The fraction of sp³-hybridized carbons (Fsp3) is 0.222. The van der Waals surface area contributed by atoms with E-state index in [0.717, 1.165) is 10.0 Å². The molecule has 0 N–H and O–H groups in total. The zero-order chi connectivity index (χ0) is 9.30. The molecule has 0 aliphatic rings. The molecule has 0 saturated carbocycles. The third-order valence-corrected chi connectivity index (χ3v) is 2.81. The van der Waals surface area contributed by atoms with Crippen molar-refractivity contribution in [3.8, 4) is 0 Å². The molecule has 0 aliphatic carbocycles. The fourth-order valence-corrected chi connectivity index (χ4v) is 1.80. The molecule has 1 aromatic carbocycles. The number of carbonyl (C=O) groups is 1. The minimum absolute atomic E-state index is 0.00981. The van der Waals surface area contributed by atoms with Gasteiger partial charge in [-0.2, -0.15) is 0 Å². The smallest absolute Gasteiger partial charge is 0.161 e. The normalized spacial score (nSPS) is 10.0. The first-order valence-corrected chi connectivity index (χ1v) is 4.66. The highest BCUT2D eigenvalue weighted by Gasteiger charge is 2.08. The van der Waals surface area contributed by atoms with Crippen molar-refractivity contribution in [2.75, 3.05) is 0 Å². The van der Waals surface area contributed by atoms with Gasteiger partial charge in [0.1, 0.15) is 0 Å². The topological polar surface area (TPSA) is 17.1 Å². The third kappa shape index (κ3) is 1.87. The van der Waals surface area contributed by atoms with Crippen LogP contribution in [0.15, 0.2) is 16.6 Å². The number of benzene rings is 1. The number of rotatable bonds is 1. The van der Waals surface area contributed by atoms with E-state index < -0.39 is 0 Å². The van der Waals surface area contributed by atoms with E-state index in [1.807, 2.05) is 13.0 Å². The van der Waals surface area contributed by atoms with E-state index in [9.17, 15) is 4.79 Å². The van der Waals surface area contributed by atoms with Crippen LogP contribution in [-0.2, 0) is 0 Å². The van der Waals surface area contributed by atoms with Gasteiger partial charge >= 0.3 is 0 Å². The largest absolute Gasteiger partial charge is 0.294 e. The van der Waals surface area contributed by atoms with Gasteiger partial charge < -0.3 is 0 Å². The second-order valence-corrected chi connectivity index (χ2v) is 3.90. The van der Waals surface area contributed by atoms with Crippen molar-refractivity contribution in [3.05, 3.63) is 32.8 Å². The van der Waals surface area contributed by atoms with Crippen LogP contribution >= 0.6 is 27.5 Å². The van der Waals surface area contributed by atoms with Gasteiger partial charge in [-0.1, -0.05) is 11.6 Å². The molecule has 1 rings (SSSR count). The van der Waals surface area contributed by atoms with Gasteiger partial charge in [-0.15, -0.1) is 0 Å². The summed E-state index contributed by atoms with van der Waals surface area (Å²) in [5.41, 5.74) is 1.60. The number of hydrogen-bond donors (Lipinski definition) is 0. The number of carbonyl (C=O) groups excluding carboxylic acids is 1. The predicted molar refractivity (Wildman–Crippen MR) is 53.9 cm³/mol. The molecule has 0 spiro atoms. The molecule has 0 saturated heterocycles. The van der Waals surface area contributed by atoms with E-state index in [1.54, 1.807) is 6.07 Å². The molecule has 1 nitrogen and oxygen atoms in total. The molecule has 0 heterocycles. The molecule has 3 heteroatoms. The van der Waals surface area contributed by atoms with Crippen LogP contribution in [0.25, 0.3) is 0 Å². The van der Waals surface area contributed by atoms with E-state index in [-0.39, 0.29) is 5.78 Å². The average Bonchev–Trinajstić information content (AvgIpc) is 1.96. The SMILES string of the molecule is CC(=O)c1cc(C)cc(Br)c1Cl. The van der Waals surface area contributed by atoms with Gasteiger partial charge in [-0.3, -0.25) is 4.79 Å². The Morgan fingerprint density at radius 1 is 1.50 bits per heavy atom. The molecular formula is C9H8BrClO. The average molecular weight is 248 g/mol. The van der Waals surface area contributed by atoms with Crippen LogP contribution in [0.1, 0.15) is 22.8 Å². The number of ketones is 1. The first-order chi connectivity index (χ1) is 5.52. The number of Topliss-reactive ketones (excluding diaryl/α,β-unsaturated/α-hetero) is 1. The molecule has 0 aliphatic heterocycles. The third-order valence-electron chi connectivity index (χ3n) is 1.55. The van der Waals surface area contributed by atoms with Gasteiger partial charge in [0.15, 0.2) is 5.78 Å². The number of hydrogen-bond acceptors (Lipinski definition) is 1. The van der Waals surface area contributed by atoms with E-state index in [1.165, 1.54) is 6.92 Å². The molecule has 0 unspecified atom stereocenters. The maximum Gasteiger partial charge on any atom is 0.161 e. The van der Waals surface area contributed by atoms with Crippen LogP contribution in [0.3, 0.4) is 0 Å². The zero-order valence-electron chi connectivity index (χ0n) is 6.82. The summed E-state index contributed by atoms with van der Waals surface area (Å²) in [5.74, 6) is -0.00981. The summed E-state index contributed by atoms with van der Waals surface area (Å²) in [7, 11) is 0. The minimum atomic E-state index is -0.00981. The van der Waals surface area contributed by atoms with Crippen LogP contribution in [0.5, 0.6) is 0 Å². The van der Waals surface area contributed by atoms with Crippen molar-refractivity contribution in [1.29, 1.82) is 0 Å². The van der Waals surface area contributed by atoms with Crippen LogP contribution in [0.2, 0.25) is 5.02 Å².